The molecule has 0 saturated heterocycles. The van der Waals surface area contributed by atoms with Gasteiger partial charge in [0.1, 0.15) is 0 Å². The summed E-state index contributed by atoms with van der Waals surface area (Å²) >= 11 is 0. The summed E-state index contributed by atoms with van der Waals surface area (Å²) in [6, 6.07) is 60.3. The third-order valence-electron chi connectivity index (χ3n) is 20.8. The molecule has 306 valence electrons. The van der Waals surface area contributed by atoms with Crippen LogP contribution in [-0.2, 0) is 27.1 Å². The van der Waals surface area contributed by atoms with Crippen LogP contribution in [0.4, 0.5) is 0 Å². The largest absolute Gasteiger partial charge is 0.0622 e. The van der Waals surface area contributed by atoms with Crippen molar-refractivity contribution in [2.75, 3.05) is 0 Å². The molecule has 5 aromatic carbocycles. The average Bonchev–Trinajstić information content (AvgIpc) is 3.65. The van der Waals surface area contributed by atoms with E-state index in [9.17, 15) is 0 Å². The summed E-state index contributed by atoms with van der Waals surface area (Å²) < 4.78 is 0. The van der Waals surface area contributed by atoms with Gasteiger partial charge in [0.25, 0.3) is 0 Å². The average molecular weight is 787 g/mol. The lowest BCUT2D eigenvalue weighted by atomic mass is 9.30. The Labute approximate surface area is 361 Å². The standard InChI is InChI=1S/C60H66/c1-36-37(2)57(47-28-18-12-19-29-47)40(5)41(6)59(49-32-22-14-23-33-49)44(9)45(10)60(50-34-24-15-25-35-50)43(8)42(7)58(48-30-20-13-21-31-48)39(4)38(3)56(36,46-26-16-11-17-27-46)51-52(57)54(59)55(60)53(51)58/h11-45,51H,1-10H3/t36-,37?,38?,39?,40-,41+,42+,43?,44?,45+,51?,56?,57?,58?,59?,60?/m1/s1. The number of hydrogen-bond donors (Lipinski definition) is 0. The Balaban J connectivity index is 1.46. The van der Waals surface area contributed by atoms with E-state index in [4.69, 9.17) is 0 Å². The zero-order valence-corrected chi connectivity index (χ0v) is 37.8. The zero-order valence-electron chi connectivity index (χ0n) is 37.8. The second-order valence-corrected chi connectivity index (χ2v) is 21.1. The summed E-state index contributed by atoms with van der Waals surface area (Å²) in [5, 5.41) is 0. The van der Waals surface area contributed by atoms with Crippen LogP contribution in [0.2, 0.25) is 0 Å². The molecule has 0 aliphatic heterocycles. The van der Waals surface area contributed by atoms with Gasteiger partial charge in [-0.2, -0.15) is 0 Å². The van der Waals surface area contributed by atoms with Gasteiger partial charge < -0.3 is 0 Å². The van der Waals surface area contributed by atoms with Gasteiger partial charge >= 0.3 is 0 Å². The van der Waals surface area contributed by atoms with Crippen molar-refractivity contribution in [3.8, 4) is 0 Å². The van der Waals surface area contributed by atoms with Crippen molar-refractivity contribution >= 4 is 0 Å². The highest BCUT2D eigenvalue weighted by Gasteiger charge is 2.82. The third-order valence-corrected chi connectivity index (χ3v) is 20.8. The van der Waals surface area contributed by atoms with Crippen LogP contribution in [-0.4, -0.2) is 0 Å². The van der Waals surface area contributed by atoms with Crippen molar-refractivity contribution in [3.63, 3.8) is 0 Å². The minimum absolute atomic E-state index is 0.101. The molecule has 16 atom stereocenters. The molecule has 11 rings (SSSR count). The number of hydrogen-bond acceptors (Lipinski definition) is 0. The van der Waals surface area contributed by atoms with Crippen molar-refractivity contribution in [2.45, 2.75) is 96.3 Å². The minimum atomic E-state index is -0.163. The zero-order chi connectivity index (χ0) is 41.7. The van der Waals surface area contributed by atoms with Crippen molar-refractivity contribution < 1.29 is 0 Å². The predicted octanol–water partition coefficient (Wildman–Crippen LogP) is 14.3. The molecule has 5 aromatic rings. The molecular weight excluding hydrogens is 721 g/mol. The third kappa shape index (κ3) is 3.87. The molecule has 0 heterocycles. The smallest absolute Gasteiger partial charge is 0.0263 e. The second-order valence-electron chi connectivity index (χ2n) is 21.1. The SMILES string of the molecule is CC1[C@@H](C)C2(c3ccccc3)C3C4=C5C6=C3C(c3ccccc3)(C(C)C2C)[C@@H](C)C(C)C6(c2ccccc2)[C@@H](C)C(C)C5(c2ccccc2)[C@@H](C)[C@@H](C)C41c1ccccc1. The molecule has 3 saturated carbocycles. The lowest BCUT2D eigenvalue weighted by molar-refractivity contribution is -0.0728. The van der Waals surface area contributed by atoms with E-state index >= 15 is 0 Å². The molecule has 0 heteroatoms. The van der Waals surface area contributed by atoms with E-state index in [2.05, 4.69) is 221 Å². The van der Waals surface area contributed by atoms with Crippen LogP contribution in [0, 0.1) is 65.1 Å². The van der Waals surface area contributed by atoms with Crippen LogP contribution in [0.5, 0.6) is 0 Å². The van der Waals surface area contributed by atoms with E-state index in [0.29, 0.717) is 59.2 Å². The van der Waals surface area contributed by atoms with Gasteiger partial charge in [-0.1, -0.05) is 221 Å². The van der Waals surface area contributed by atoms with Gasteiger partial charge in [-0.25, -0.2) is 0 Å². The first-order valence-corrected chi connectivity index (χ1v) is 23.7. The predicted molar refractivity (Wildman–Crippen MR) is 250 cm³/mol. The second kappa shape index (κ2) is 12.8. The molecule has 0 amide bonds. The van der Waals surface area contributed by atoms with Crippen LogP contribution in [0.15, 0.2) is 174 Å². The van der Waals surface area contributed by atoms with Crippen LogP contribution in [0.25, 0.3) is 0 Å². The Kier molecular flexibility index (Phi) is 8.22. The highest BCUT2D eigenvalue weighted by molar-refractivity contribution is 5.78. The number of rotatable bonds is 5. The van der Waals surface area contributed by atoms with E-state index in [1.54, 1.807) is 27.8 Å². The molecule has 0 spiro atoms. The van der Waals surface area contributed by atoms with Gasteiger partial charge in [0.2, 0.25) is 0 Å². The van der Waals surface area contributed by atoms with Gasteiger partial charge in [-0.05, 0) is 109 Å². The van der Waals surface area contributed by atoms with Crippen LogP contribution in [0.1, 0.15) is 97.1 Å². The fourth-order valence-corrected chi connectivity index (χ4v) is 18.4. The normalized spacial score (nSPS) is 43.5. The highest BCUT2D eigenvalue weighted by atomic mass is 14.8. The van der Waals surface area contributed by atoms with Crippen LogP contribution >= 0.6 is 0 Å². The molecule has 0 N–H and O–H groups in total. The maximum atomic E-state index is 2.72. The van der Waals surface area contributed by atoms with E-state index in [1.165, 1.54) is 11.1 Å². The lowest BCUT2D eigenvalue weighted by Gasteiger charge is -2.72. The quantitative estimate of drug-likeness (QED) is 0.166. The monoisotopic (exact) mass is 787 g/mol. The molecular formula is C60H66. The van der Waals surface area contributed by atoms with Crippen LogP contribution < -0.4 is 0 Å². The molecule has 60 heavy (non-hydrogen) atoms. The number of benzene rings is 5. The molecule has 11 unspecified atom stereocenters. The Morgan fingerprint density at radius 1 is 0.250 bits per heavy atom. The van der Waals surface area contributed by atoms with Crippen molar-refractivity contribution in [3.05, 3.63) is 202 Å². The molecule has 6 aliphatic rings. The maximum Gasteiger partial charge on any atom is 0.0263 e. The number of allylic oxidation sites excluding steroid dienone is 4. The van der Waals surface area contributed by atoms with Crippen molar-refractivity contribution in [1.82, 2.24) is 0 Å². The summed E-state index contributed by atoms with van der Waals surface area (Å²) in [7, 11) is 0. The van der Waals surface area contributed by atoms with Gasteiger partial charge in [0.15, 0.2) is 0 Å². The Morgan fingerprint density at radius 3 is 0.750 bits per heavy atom. The fraction of sp³-hybridized carbons (Fsp3) is 0.433. The van der Waals surface area contributed by atoms with Gasteiger partial charge in [-0.3, -0.25) is 0 Å². The van der Waals surface area contributed by atoms with Crippen LogP contribution in [0.3, 0.4) is 0 Å². The Bertz CT molecular complexity index is 2360. The molecule has 0 nitrogen and oxygen atoms in total. The molecule has 6 aliphatic carbocycles. The van der Waals surface area contributed by atoms with Crippen molar-refractivity contribution in [2.24, 2.45) is 65.1 Å². The molecule has 0 bridgehead atoms. The van der Waals surface area contributed by atoms with E-state index in [0.717, 1.165) is 0 Å². The fourth-order valence-electron chi connectivity index (χ4n) is 18.4. The Hall–Kier alpha value is -4.42. The topological polar surface area (TPSA) is 0 Å². The first kappa shape index (κ1) is 38.5. The summed E-state index contributed by atoms with van der Waals surface area (Å²) in [5.74, 6) is 4.30. The maximum absolute atomic E-state index is 2.72. The van der Waals surface area contributed by atoms with Gasteiger partial charge in [0, 0.05) is 33.0 Å². The highest BCUT2D eigenvalue weighted by Crippen LogP contribution is 2.86. The molecule has 0 aromatic heterocycles. The van der Waals surface area contributed by atoms with Crippen molar-refractivity contribution in [1.29, 1.82) is 0 Å². The summed E-state index contributed by atoms with van der Waals surface area (Å²) in [4.78, 5) is 0. The Morgan fingerprint density at radius 2 is 0.467 bits per heavy atom. The summed E-state index contributed by atoms with van der Waals surface area (Å²) in [6.45, 7) is 27.1. The first-order chi connectivity index (χ1) is 29.0. The summed E-state index contributed by atoms with van der Waals surface area (Å²) in [6.07, 6.45) is 0. The van der Waals surface area contributed by atoms with E-state index in [1.807, 2.05) is 11.1 Å². The van der Waals surface area contributed by atoms with Gasteiger partial charge in [-0.15, -0.1) is 0 Å². The molecule has 3 fully saturated rings. The molecule has 0 radical (unpaired) electrons. The van der Waals surface area contributed by atoms with Gasteiger partial charge in [0.05, 0.1) is 0 Å². The lowest BCUT2D eigenvalue weighted by Crippen LogP contribution is -2.70. The van der Waals surface area contributed by atoms with E-state index < -0.39 is 0 Å². The first-order valence-electron chi connectivity index (χ1n) is 23.7. The minimum Gasteiger partial charge on any atom is -0.0622 e. The summed E-state index contributed by atoms with van der Waals surface area (Å²) in [5.41, 5.74) is 14.2. The van der Waals surface area contributed by atoms with E-state index in [-0.39, 0.29) is 33.0 Å².